The van der Waals surface area contributed by atoms with Crippen molar-refractivity contribution in [2.24, 2.45) is 0 Å². The van der Waals surface area contributed by atoms with Gasteiger partial charge in [0.05, 0.1) is 38.6 Å². The molecule has 3 fully saturated rings. The third-order valence-corrected chi connectivity index (χ3v) is 20.4. The zero-order valence-electron chi connectivity index (χ0n) is 62.7. The molecule has 19 nitrogen and oxygen atoms in total. The number of amides is 1. The monoisotopic (exact) mass is 1420 g/mol. The van der Waals surface area contributed by atoms with E-state index < -0.39 is 124 Å². The molecule has 17 unspecified atom stereocenters. The van der Waals surface area contributed by atoms with Crippen molar-refractivity contribution in [2.45, 2.75) is 433 Å². The lowest BCUT2D eigenvalue weighted by atomic mass is 9.96. The van der Waals surface area contributed by atoms with Gasteiger partial charge in [-0.25, -0.2) is 0 Å². The van der Waals surface area contributed by atoms with Gasteiger partial charge in [0.25, 0.3) is 0 Å². The van der Waals surface area contributed by atoms with Crippen molar-refractivity contribution in [1.29, 1.82) is 0 Å². The quantitative estimate of drug-likeness (QED) is 0.0199. The van der Waals surface area contributed by atoms with E-state index in [1.807, 2.05) is 0 Å². The van der Waals surface area contributed by atoms with Crippen molar-refractivity contribution in [3.63, 3.8) is 0 Å². The Morgan fingerprint density at radius 2 is 0.690 bits per heavy atom. The summed E-state index contributed by atoms with van der Waals surface area (Å²) in [6.07, 6.45) is 50.5. The Morgan fingerprint density at radius 1 is 0.370 bits per heavy atom. The molecule has 0 spiro atoms. The molecule has 0 bridgehead atoms. The Labute approximate surface area is 605 Å². The number of ether oxygens (including phenoxy) is 6. The first-order chi connectivity index (χ1) is 48.8. The number of aliphatic hydroxyl groups excluding tert-OH is 11. The maximum atomic E-state index is 13.5. The molecule has 0 aromatic carbocycles. The van der Waals surface area contributed by atoms with Crippen molar-refractivity contribution in [3.05, 3.63) is 48.6 Å². The van der Waals surface area contributed by atoms with Crippen LogP contribution in [0.25, 0.3) is 0 Å². The first kappa shape index (κ1) is 92.0. The average Bonchev–Trinajstić information content (AvgIpc) is 0.783. The highest BCUT2D eigenvalue weighted by molar-refractivity contribution is 5.76. The SMILES string of the molecule is CC/C=C\C/C=C\C/C=C\C/C=C\CCCCCCCCCCCCCCCCCCC(=O)NC(COC1OC(CO)C(OC2OC(CO)C(OC3OC(CO)C(O)C(O)C3O)C(O)C2O)C(O)C1O)C(O)CCCCCCCCCCCCCCCCCCCCCCCCCCCC. The Balaban J connectivity index is 1.36. The lowest BCUT2D eigenvalue weighted by Gasteiger charge is -2.48. The Morgan fingerprint density at radius 3 is 1.08 bits per heavy atom. The molecule has 0 radical (unpaired) electrons. The zero-order chi connectivity index (χ0) is 72.5. The van der Waals surface area contributed by atoms with Gasteiger partial charge in [0.1, 0.15) is 73.2 Å². The van der Waals surface area contributed by atoms with Crippen molar-refractivity contribution in [2.75, 3.05) is 26.4 Å². The zero-order valence-corrected chi connectivity index (χ0v) is 62.7. The van der Waals surface area contributed by atoms with E-state index in [1.165, 1.54) is 225 Å². The van der Waals surface area contributed by atoms with Crippen LogP contribution in [0.5, 0.6) is 0 Å². The van der Waals surface area contributed by atoms with E-state index in [0.717, 1.165) is 70.6 Å². The molecule has 3 saturated heterocycles. The number of carbonyl (C=O) groups is 1. The predicted molar refractivity (Wildman–Crippen MR) is 397 cm³/mol. The standard InChI is InChI=1S/C81H149NO18/c1-3-5-7-9-11-13-15-17-19-21-23-25-27-29-31-32-33-35-37-39-41-43-45-47-49-51-53-55-57-59-69(87)82-64(65(86)58-56-54-52-50-48-46-44-42-40-38-36-34-30-28-26-24-22-20-18-16-14-12-10-8-6-4-2)63-95-79-75(93)72(90)77(67(61-84)97-79)100-81-76(94)73(91)78(68(62-85)98-81)99-80-74(92)71(89)70(88)66(60-83)96-80/h5,7,11,13,17,19,23,25,64-68,70-81,83-86,88-94H,3-4,6,8-10,12,14-16,18,20-22,24,26-63H2,1-2H3,(H,82,87)/b7-5-,13-11-,19-17-,25-23-. The number of carbonyl (C=O) groups excluding carboxylic acids is 1. The highest BCUT2D eigenvalue weighted by Crippen LogP contribution is 2.33. The van der Waals surface area contributed by atoms with Crippen molar-refractivity contribution >= 4 is 5.91 Å². The van der Waals surface area contributed by atoms with Gasteiger partial charge in [-0.1, -0.05) is 319 Å². The van der Waals surface area contributed by atoms with Crippen LogP contribution in [0.15, 0.2) is 48.6 Å². The fourth-order valence-electron chi connectivity index (χ4n) is 13.9. The number of rotatable bonds is 65. The largest absolute Gasteiger partial charge is 0.394 e. The van der Waals surface area contributed by atoms with Gasteiger partial charge < -0.3 is 89.9 Å². The topological polar surface area (TPSA) is 307 Å². The molecule has 3 aliphatic heterocycles. The fourth-order valence-corrected chi connectivity index (χ4v) is 13.9. The highest BCUT2D eigenvalue weighted by atomic mass is 16.8. The first-order valence-corrected chi connectivity index (χ1v) is 40.9. The Bertz CT molecular complexity index is 1990. The van der Waals surface area contributed by atoms with Gasteiger partial charge in [0.2, 0.25) is 5.91 Å². The summed E-state index contributed by atoms with van der Waals surface area (Å²) in [6, 6.07) is -0.889. The highest BCUT2D eigenvalue weighted by Gasteiger charge is 2.54. The van der Waals surface area contributed by atoms with E-state index in [2.05, 4.69) is 67.8 Å². The van der Waals surface area contributed by atoms with E-state index >= 15 is 0 Å². The molecule has 17 atom stereocenters. The maximum absolute atomic E-state index is 13.5. The molecule has 100 heavy (non-hydrogen) atoms. The lowest BCUT2D eigenvalue weighted by Crippen LogP contribution is -2.66. The number of hydrogen-bond acceptors (Lipinski definition) is 18. The van der Waals surface area contributed by atoms with E-state index in [1.54, 1.807) is 0 Å². The average molecular weight is 1430 g/mol. The second kappa shape index (κ2) is 61.9. The Kier molecular flexibility index (Phi) is 56.9. The summed E-state index contributed by atoms with van der Waals surface area (Å²) in [4.78, 5) is 13.5. The molecule has 0 saturated carbocycles. The summed E-state index contributed by atoms with van der Waals surface area (Å²) >= 11 is 0. The van der Waals surface area contributed by atoms with Gasteiger partial charge in [-0.2, -0.15) is 0 Å². The van der Waals surface area contributed by atoms with Crippen LogP contribution in [-0.4, -0.2) is 193 Å². The van der Waals surface area contributed by atoms with Gasteiger partial charge in [-0.05, 0) is 51.4 Å². The van der Waals surface area contributed by atoms with Crippen LogP contribution in [-0.2, 0) is 33.2 Å². The summed E-state index contributed by atoms with van der Waals surface area (Å²) < 4.78 is 34.5. The van der Waals surface area contributed by atoms with Crippen molar-refractivity contribution in [3.8, 4) is 0 Å². The summed E-state index contributed by atoms with van der Waals surface area (Å²) in [5.41, 5.74) is 0. The van der Waals surface area contributed by atoms with Crippen LogP contribution in [0.4, 0.5) is 0 Å². The van der Waals surface area contributed by atoms with Crippen LogP contribution in [0, 0.1) is 0 Å². The summed E-state index contributed by atoms with van der Waals surface area (Å²) in [6.45, 7) is 1.74. The number of nitrogens with one attached hydrogen (secondary N) is 1. The molecular weight excluding hydrogens is 1270 g/mol. The smallest absolute Gasteiger partial charge is 0.220 e. The van der Waals surface area contributed by atoms with Gasteiger partial charge in [0, 0.05) is 6.42 Å². The molecule has 19 heteroatoms. The molecule has 0 aromatic heterocycles. The van der Waals surface area contributed by atoms with E-state index in [-0.39, 0.29) is 18.9 Å². The number of aliphatic hydroxyl groups is 11. The molecule has 3 rings (SSSR count). The van der Waals surface area contributed by atoms with E-state index in [4.69, 9.17) is 28.4 Å². The molecule has 0 aliphatic carbocycles. The second-order valence-corrected chi connectivity index (χ2v) is 29.2. The van der Waals surface area contributed by atoms with Gasteiger partial charge in [0.15, 0.2) is 18.9 Å². The minimum absolute atomic E-state index is 0.238. The van der Waals surface area contributed by atoms with Crippen molar-refractivity contribution < 1.29 is 89.4 Å². The normalized spacial score (nSPS) is 26.7. The molecule has 3 heterocycles. The van der Waals surface area contributed by atoms with Crippen LogP contribution in [0.2, 0.25) is 0 Å². The Hall–Kier alpha value is -2.25. The third kappa shape index (κ3) is 41.6. The number of allylic oxidation sites excluding steroid dienone is 8. The molecule has 12 N–H and O–H groups in total. The van der Waals surface area contributed by atoms with Crippen LogP contribution in [0.1, 0.15) is 328 Å². The lowest BCUT2D eigenvalue weighted by molar-refractivity contribution is -0.379. The van der Waals surface area contributed by atoms with Crippen LogP contribution >= 0.6 is 0 Å². The van der Waals surface area contributed by atoms with Crippen LogP contribution in [0.3, 0.4) is 0 Å². The summed E-state index contributed by atoms with van der Waals surface area (Å²) in [7, 11) is 0. The predicted octanol–water partition coefficient (Wildman–Crippen LogP) is 13.7. The van der Waals surface area contributed by atoms with Gasteiger partial charge in [-0.15, -0.1) is 0 Å². The van der Waals surface area contributed by atoms with Gasteiger partial charge in [-0.3, -0.25) is 4.79 Å². The molecule has 586 valence electrons. The van der Waals surface area contributed by atoms with Crippen LogP contribution < -0.4 is 5.32 Å². The second-order valence-electron chi connectivity index (χ2n) is 29.2. The minimum atomic E-state index is -1.97. The molecular formula is C81H149NO18. The summed E-state index contributed by atoms with van der Waals surface area (Å²) in [5.74, 6) is -0.238. The number of unbranched alkanes of at least 4 members (excludes halogenated alkanes) is 41. The first-order valence-electron chi connectivity index (χ1n) is 40.9. The fraction of sp³-hybridized carbons (Fsp3) is 0.889. The molecule has 0 aromatic rings. The maximum Gasteiger partial charge on any atom is 0.220 e. The van der Waals surface area contributed by atoms with E-state index in [0.29, 0.717) is 12.8 Å². The third-order valence-electron chi connectivity index (χ3n) is 20.4. The minimum Gasteiger partial charge on any atom is -0.394 e. The van der Waals surface area contributed by atoms with E-state index in [9.17, 15) is 61.0 Å². The number of hydrogen-bond donors (Lipinski definition) is 12. The molecule has 1 amide bonds. The van der Waals surface area contributed by atoms with Crippen molar-refractivity contribution in [1.82, 2.24) is 5.32 Å². The summed E-state index contributed by atoms with van der Waals surface area (Å²) in [5, 5.41) is 121. The van der Waals surface area contributed by atoms with Gasteiger partial charge >= 0.3 is 0 Å². The molecule has 3 aliphatic rings.